The minimum Gasteiger partial charge on any atom is -0.497 e. The lowest BCUT2D eigenvalue weighted by molar-refractivity contribution is -0.131. The number of hydrogen-bond acceptors (Lipinski definition) is 3. The van der Waals surface area contributed by atoms with Gasteiger partial charge in [-0.2, -0.15) is 0 Å². The molecule has 0 aliphatic rings. The van der Waals surface area contributed by atoms with E-state index in [1.165, 1.54) is 6.08 Å². The molecule has 0 atom stereocenters. The van der Waals surface area contributed by atoms with Crippen molar-refractivity contribution in [3.63, 3.8) is 0 Å². The second kappa shape index (κ2) is 8.15. The Morgan fingerprint density at radius 3 is 2.56 bits per heavy atom. The minimum absolute atomic E-state index is 0.498. The number of aldehydes is 1. The van der Waals surface area contributed by atoms with Gasteiger partial charge in [0.1, 0.15) is 5.75 Å². The number of carbonyl (C=O) groups excluding carboxylic acids is 1. The van der Waals surface area contributed by atoms with E-state index in [-0.39, 0.29) is 0 Å². The molecule has 134 valence electrons. The maximum atomic E-state index is 11.7. The molecular weight excluding hydrogens is 340 g/mol. The number of hydrogen-bond donors (Lipinski definition) is 1. The van der Waals surface area contributed by atoms with E-state index >= 15 is 0 Å². The summed E-state index contributed by atoms with van der Waals surface area (Å²) in [6.45, 7) is 0. The van der Waals surface area contributed by atoms with Crippen LogP contribution in [0, 0.1) is 0 Å². The molecule has 0 aliphatic heterocycles. The van der Waals surface area contributed by atoms with E-state index in [0.29, 0.717) is 22.4 Å². The fourth-order valence-electron chi connectivity index (χ4n) is 2.98. The smallest absolute Gasteiger partial charge is 0.328 e. The molecule has 3 aromatic rings. The van der Waals surface area contributed by atoms with Gasteiger partial charge in [-0.25, -0.2) is 4.79 Å². The highest BCUT2D eigenvalue weighted by Crippen LogP contribution is 2.31. The van der Waals surface area contributed by atoms with Gasteiger partial charge in [0.05, 0.1) is 7.11 Å². The van der Waals surface area contributed by atoms with Gasteiger partial charge in [-0.3, -0.25) is 4.79 Å². The Morgan fingerprint density at radius 1 is 1.00 bits per heavy atom. The second-order valence-electron chi connectivity index (χ2n) is 5.92. The summed E-state index contributed by atoms with van der Waals surface area (Å²) in [5.74, 6) is -0.363. The summed E-state index contributed by atoms with van der Waals surface area (Å²) >= 11 is 0. The number of rotatable bonds is 6. The Morgan fingerprint density at radius 2 is 1.81 bits per heavy atom. The number of carboxylic acid groups (broad SMARTS) is 1. The van der Waals surface area contributed by atoms with Gasteiger partial charge in [-0.1, -0.05) is 48.5 Å². The SMILES string of the molecule is COc1cccc(/C=C(/C=C/C(=O)O)c2c(C=O)ccc3ccccc23)c1. The average Bonchev–Trinajstić information content (AvgIpc) is 2.70. The van der Waals surface area contributed by atoms with Crippen LogP contribution in [0.2, 0.25) is 0 Å². The van der Waals surface area contributed by atoms with Crippen molar-refractivity contribution in [2.75, 3.05) is 7.11 Å². The first-order valence-corrected chi connectivity index (χ1v) is 8.36. The number of aliphatic carboxylic acids is 1. The molecule has 0 saturated heterocycles. The molecule has 0 aliphatic carbocycles. The van der Waals surface area contributed by atoms with Crippen LogP contribution in [-0.4, -0.2) is 24.5 Å². The zero-order valence-corrected chi connectivity index (χ0v) is 14.8. The summed E-state index contributed by atoms with van der Waals surface area (Å²) < 4.78 is 5.26. The maximum Gasteiger partial charge on any atom is 0.328 e. The van der Waals surface area contributed by atoms with Gasteiger partial charge in [0.2, 0.25) is 0 Å². The quantitative estimate of drug-likeness (QED) is 0.296. The first-order valence-electron chi connectivity index (χ1n) is 8.36. The highest BCUT2D eigenvalue weighted by molar-refractivity contribution is 6.07. The Hall–Kier alpha value is -3.66. The van der Waals surface area contributed by atoms with Gasteiger partial charge in [0.25, 0.3) is 0 Å². The van der Waals surface area contributed by atoms with E-state index in [2.05, 4.69) is 0 Å². The largest absolute Gasteiger partial charge is 0.497 e. The van der Waals surface area contributed by atoms with Crippen LogP contribution in [0.1, 0.15) is 21.5 Å². The minimum atomic E-state index is -1.06. The zero-order chi connectivity index (χ0) is 19.2. The van der Waals surface area contributed by atoms with Gasteiger partial charge in [0, 0.05) is 17.2 Å². The zero-order valence-electron chi connectivity index (χ0n) is 14.8. The standard InChI is InChI=1S/C23H18O4/c1-27-20-7-4-5-16(14-20)13-18(11-12-22(25)26)23-19(15-24)10-9-17-6-2-3-8-21(17)23/h2-15H,1H3,(H,25,26)/b12-11+,18-13-. The number of carbonyl (C=O) groups is 2. The molecule has 0 aromatic heterocycles. The summed E-state index contributed by atoms with van der Waals surface area (Å²) in [7, 11) is 1.59. The van der Waals surface area contributed by atoms with Gasteiger partial charge in [-0.15, -0.1) is 0 Å². The van der Waals surface area contributed by atoms with Crippen molar-refractivity contribution in [1.29, 1.82) is 0 Å². The topological polar surface area (TPSA) is 63.6 Å². The fourth-order valence-corrected chi connectivity index (χ4v) is 2.98. The molecule has 0 amide bonds. The van der Waals surface area contributed by atoms with Crippen molar-refractivity contribution in [2.45, 2.75) is 0 Å². The highest BCUT2D eigenvalue weighted by Gasteiger charge is 2.11. The molecule has 27 heavy (non-hydrogen) atoms. The van der Waals surface area contributed by atoms with Gasteiger partial charge >= 0.3 is 5.97 Å². The van der Waals surface area contributed by atoms with Crippen LogP contribution in [0.15, 0.2) is 72.8 Å². The third-order valence-corrected chi connectivity index (χ3v) is 4.20. The number of ether oxygens (including phenoxy) is 1. The van der Waals surface area contributed by atoms with Crippen LogP contribution < -0.4 is 4.74 Å². The van der Waals surface area contributed by atoms with Crippen LogP contribution in [0.3, 0.4) is 0 Å². The van der Waals surface area contributed by atoms with Crippen LogP contribution in [0.5, 0.6) is 5.75 Å². The lowest BCUT2D eigenvalue weighted by Crippen LogP contribution is -1.95. The Kier molecular flexibility index (Phi) is 5.47. The number of carboxylic acids is 1. The number of fused-ring (bicyclic) bond motifs is 1. The van der Waals surface area contributed by atoms with Crippen molar-refractivity contribution < 1.29 is 19.4 Å². The van der Waals surface area contributed by atoms with E-state index in [0.717, 1.165) is 28.7 Å². The summed E-state index contributed by atoms with van der Waals surface area (Å²) in [6.07, 6.45) is 5.21. The van der Waals surface area contributed by atoms with Gasteiger partial charge in [0.15, 0.2) is 6.29 Å². The Bertz CT molecular complexity index is 1060. The van der Waals surface area contributed by atoms with Gasteiger partial charge < -0.3 is 9.84 Å². The molecule has 0 saturated carbocycles. The average molecular weight is 358 g/mol. The lowest BCUT2D eigenvalue weighted by atomic mass is 9.92. The van der Waals surface area contributed by atoms with Crippen LogP contribution >= 0.6 is 0 Å². The van der Waals surface area contributed by atoms with E-state index in [4.69, 9.17) is 9.84 Å². The first-order chi connectivity index (χ1) is 13.1. The highest BCUT2D eigenvalue weighted by atomic mass is 16.5. The molecular formula is C23H18O4. The molecule has 1 N–H and O–H groups in total. The molecule has 0 heterocycles. The normalized spacial score (nSPS) is 11.7. The van der Waals surface area contributed by atoms with Crippen molar-refractivity contribution in [3.05, 3.63) is 89.5 Å². The predicted molar refractivity (Wildman–Crippen MR) is 107 cm³/mol. The van der Waals surface area contributed by atoms with Crippen molar-refractivity contribution in [1.82, 2.24) is 0 Å². The summed E-state index contributed by atoms with van der Waals surface area (Å²) in [5.41, 5.74) is 2.66. The van der Waals surface area contributed by atoms with Crippen LogP contribution in [-0.2, 0) is 4.79 Å². The molecule has 3 rings (SSSR count). The summed E-state index contributed by atoms with van der Waals surface area (Å²) in [6, 6.07) is 18.7. The summed E-state index contributed by atoms with van der Waals surface area (Å²) in [5, 5.41) is 10.9. The molecule has 0 radical (unpaired) electrons. The third kappa shape index (κ3) is 4.12. The van der Waals surface area contributed by atoms with Crippen LogP contribution in [0.4, 0.5) is 0 Å². The van der Waals surface area contributed by atoms with E-state index in [9.17, 15) is 9.59 Å². The molecule has 3 aromatic carbocycles. The van der Waals surface area contributed by atoms with E-state index < -0.39 is 5.97 Å². The van der Waals surface area contributed by atoms with E-state index in [1.807, 2.05) is 60.7 Å². The number of allylic oxidation sites excluding steroid dienone is 2. The lowest BCUT2D eigenvalue weighted by Gasteiger charge is -2.12. The molecule has 0 unspecified atom stereocenters. The number of benzene rings is 3. The Labute approximate surface area is 157 Å². The summed E-state index contributed by atoms with van der Waals surface area (Å²) in [4.78, 5) is 22.8. The van der Waals surface area contributed by atoms with Crippen molar-refractivity contribution in [3.8, 4) is 5.75 Å². The fraction of sp³-hybridized carbons (Fsp3) is 0.0435. The van der Waals surface area contributed by atoms with Crippen LogP contribution in [0.25, 0.3) is 22.4 Å². The molecule has 4 heteroatoms. The molecule has 0 fully saturated rings. The Balaban J connectivity index is 2.28. The predicted octanol–water partition coefficient (Wildman–Crippen LogP) is 4.84. The molecule has 0 spiro atoms. The van der Waals surface area contributed by atoms with Gasteiger partial charge in [-0.05, 0) is 46.2 Å². The van der Waals surface area contributed by atoms with Crippen molar-refractivity contribution >= 4 is 34.7 Å². The molecule has 4 nitrogen and oxygen atoms in total. The number of methoxy groups -OCH3 is 1. The van der Waals surface area contributed by atoms with Crippen molar-refractivity contribution in [2.24, 2.45) is 0 Å². The third-order valence-electron chi connectivity index (χ3n) is 4.20. The first kappa shape index (κ1) is 18.1. The van der Waals surface area contributed by atoms with E-state index in [1.54, 1.807) is 13.2 Å². The molecule has 0 bridgehead atoms. The maximum absolute atomic E-state index is 11.7. The monoisotopic (exact) mass is 358 g/mol. The second-order valence-corrected chi connectivity index (χ2v) is 5.92.